The Morgan fingerprint density at radius 1 is 1.28 bits per heavy atom. The first kappa shape index (κ1) is 21.0. The minimum absolute atomic E-state index is 0.0463. The van der Waals surface area contributed by atoms with Gasteiger partial charge in [0.2, 0.25) is 16.9 Å². The second-order valence-corrected chi connectivity index (χ2v) is 8.01. The lowest BCUT2D eigenvalue weighted by Gasteiger charge is -2.15. The van der Waals surface area contributed by atoms with Crippen molar-refractivity contribution < 1.29 is 19.1 Å². The topological polar surface area (TPSA) is 93.7 Å². The molecule has 3 rings (SSSR count). The molecule has 1 atom stereocenters. The van der Waals surface area contributed by atoms with E-state index in [1.165, 1.54) is 11.3 Å². The van der Waals surface area contributed by atoms with Crippen LogP contribution >= 0.6 is 11.3 Å². The maximum absolute atomic E-state index is 12.5. The van der Waals surface area contributed by atoms with E-state index in [4.69, 9.17) is 9.47 Å². The van der Waals surface area contributed by atoms with Gasteiger partial charge in [-0.15, -0.1) is 10.2 Å². The number of rotatable bonds is 9. The third kappa shape index (κ3) is 5.23. The van der Waals surface area contributed by atoms with Gasteiger partial charge in [0.1, 0.15) is 5.01 Å². The molecule has 0 bridgehead atoms. The molecule has 8 nitrogen and oxygen atoms in total. The summed E-state index contributed by atoms with van der Waals surface area (Å²) in [6.45, 7) is 3.27. The first-order chi connectivity index (χ1) is 14.0. The molecule has 1 fully saturated rings. The summed E-state index contributed by atoms with van der Waals surface area (Å²) in [5, 5.41) is 12.3. The van der Waals surface area contributed by atoms with Crippen LogP contribution in [0.4, 0.5) is 5.13 Å². The number of carbonyl (C=O) groups excluding carboxylic acids is 2. The second kappa shape index (κ2) is 9.69. The van der Waals surface area contributed by atoms with Gasteiger partial charge in [0.05, 0.1) is 20.1 Å². The number of benzene rings is 1. The smallest absolute Gasteiger partial charge is 0.231 e. The molecule has 156 valence electrons. The van der Waals surface area contributed by atoms with Crippen molar-refractivity contribution in [3.05, 3.63) is 28.8 Å². The van der Waals surface area contributed by atoms with E-state index < -0.39 is 0 Å². The summed E-state index contributed by atoms with van der Waals surface area (Å²) in [5.74, 6) is 0.857. The predicted molar refractivity (Wildman–Crippen MR) is 110 cm³/mol. The van der Waals surface area contributed by atoms with Crippen molar-refractivity contribution in [1.29, 1.82) is 0 Å². The number of unbranched alkanes of at least 4 members (excludes halogenated alkanes) is 1. The molecule has 1 aromatic heterocycles. The van der Waals surface area contributed by atoms with Crippen LogP contribution < -0.4 is 14.8 Å². The van der Waals surface area contributed by atoms with E-state index in [2.05, 4.69) is 22.4 Å². The van der Waals surface area contributed by atoms with Crippen LogP contribution in [0.2, 0.25) is 0 Å². The van der Waals surface area contributed by atoms with Crippen molar-refractivity contribution in [3.63, 3.8) is 0 Å². The molecule has 2 amide bonds. The molecule has 2 heterocycles. The van der Waals surface area contributed by atoms with Gasteiger partial charge in [0.25, 0.3) is 0 Å². The highest BCUT2D eigenvalue weighted by atomic mass is 32.1. The fraction of sp³-hybridized carbons (Fsp3) is 0.500. The Bertz CT molecular complexity index is 870. The zero-order valence-electron chi connectivity index (χ0n) is 16.9. The van der Waals surface area contributed by atoms with Crippen molar-refractivity contribution in [2.24, 2.45) is 5.92 Å². The molecule has 0 unspecified atom stereocenters. The summed E-state index contributed by atoms with van der Waals surface area (Å²) in [5.41, 5.74) is 1.00. The quantitative estimate of drug-likeness (QED) is 0.673. The number of hydrogen-bond donors (Lipinski definition) is 1. The molecule has 29 heavy (non-hydrogen) atoms. The van der Waals surface area contributed by atoms with E-state index in [0.29, 0.717) is 36.1 Å². The Hall–Kier alpha value is -2.68. The first-order valence-corrected chi connectivity index (χ1v) is 10.5. The zero-order valence-corrected chi connectivity index (χ0v) is 17.8. The Labute approximate surface area is 174 Å². The summed E-state index contributed by atoms with van der Waals surface area (Å²) in [6.07, 6.45) is 2.80. The fourth-order valence-corrected chi connectivity index (χ4v) is 4.04. The maximum atomic E-state index is 12.5. The highest BCUT2D eigenvalue weighted by Gasteiger charge is 2.34. The molecule has 1 aliphatic rings. The van der Waals surface area contributed by atoms with Crippen LogP contribution in [0.25, 0.3) is 0 Å². The van der Waals surface area contributed by atoms with Gasteiger partial charge in [-0.05, 0) is 24.1 Å². The van der Waals surface area contributed by atoms with Gasteiger partial charge in [-0.25, -0.2) is 0 Å². The minimum Gasteiger partial charge on any atom is -0.493 e. The van der Waals surface area contributed by atoms with E-state index in [-0.39, 0.29) is 24.2 Å². The molecule has 1 N–H and O–H groups in total. The molecule has 0 aliphatic carbocycles. The van der Waals surface area contributed by atoms with Crippen LogP contribution in [-0.2, 0) is 16.0 Å². The van der Waals surface area contributed by atoms with Gasteiger partial charge in [0.15, 0.2) is 11.5 Å². The number of methoxy groups -OCH3 is 2. The van der Waals surface area contributed by atoms with Gasteiger partial charge in [-0.2, -0.15) is 0 Å². The third-order valence-corrected chi connectivity index (χ3v) is 5.71. The second-order valence-electron chi connectivity index (χ2n) is 6.95. The lowest BCUT2D eigenvalue weighted by atomic mass is 10.1. The van der Waals surface area contributed by atoms with Crippen molar-refractivity contribution in [1.82, 2.24) is 15.1 Å². The number of hydrogen-bond acceptors (Lipinski definition) is 7. The average Bonchev–Trinajstić information content (AvgIpc) is 3.32. The van der Waals surface area contributed by atoms with Crippen molar-refractivity contribution in [2.75, 3.05) is 32.6 Å². The van der Waals surface area contributed by atoms with E-state index >= 15 is 0 Å². The number of nitrogens with zero attached hydrogens (tertiary/aromatic N) is 3. The van der Waals surface area contributed by atoms with Gasteiger partial charge < -0.3 is 19.7 Å². The highest BCUT2D eigenvalue weighted by molar-refractivity contribution is 7.15. The number of nitrogens with one attached hydrogen (secondary N) is 1. The Balaban J connectivity index is 1.58. The van der Waals surface area contributed by atoms with Crippen LogP contribution in [0.1, 0.15) is 36.8 Å². The molecule has 1 aliphatic heterocycles. The van der Waals surface area contributed by atoms with Crippen LogP contribution in [0.15, 0.2) is 18.2 Å². The number of ether oxygens (including phenoxy) is 2. The standard InChI is InChI=1S/C20H26N4O4S/c1-4-5-8-24-12-14(11-18(24)25)19(26)21-20-23-22-17(29-20)10-13-6-7-15(27-2)16(9-13)28-3/h6-7,9,14H,4-5,8,10-12H2,1-3H3,(H,21,23,26)/t14-/m1/s1. The third-order valence-electron chi connectivity index (χ3n) is 4.87. The first-order valence-electron chi connectivity index (χ1n) is 9.66. The number of amides is 2. The highest BCUT2D eigenvalue weighted by Crippen LogP contribution is 2.29. The predicted octanol–water partition coefficient (Wildman–Crippen LogP) is 2.73. The zero-order chi connectivity index (χ0) is 20.8. The number of anilines is 1. The van der Waals surface area contributed by atoms with Gasteiger partial charge in [-0.1, -0.05) is 30.7 Å². The summed E-state index contributed by atoms with van der Waals surface area (Å²) < 4.78 is 10.6. The fourth-order valence-electron chi connectivity index (χ4n) is 3.26. The Morgan fingerprint density at radius 3 is 2.79 bits per heavy atom. The van der Waals surface area contributed by atoms with Crippen molar-refractivity contribution in [3.8, 4) is 11.5 Å². The van der Waals surface area contributed by atoms with Gasteiger partial charge >= 0.3 is 0 Å². The van der Waals surface area contributed by atoms with E-state index in [1.54, 1.807) is 19.1 Å². The molecule has 9 heteroatoms. The lowest BCUT2D eigenvalue weighted by molar-refractivity contribution is -0.128. The summed E-state index contributed by atoms with van der Waals surface area (Å²) in [6, 6.07) is 5.68. The lowest BCUT2D eigenvalue weighted by Crippen LogP contribution is -2.29. The van der Waals surface area contributed by atoms with Crippen LogP contribution in [0.5, 0.6) is 11.5 Å². The summed E-state index contributed by atoms with van der Waals surface area (Å²) in [7, 11) is 3.19. The van der Waals surface area contributed by atoms with Crippen molar-refractivity contribution in [2.45, 2.75) is 32.6 Å². The molecule has 1 saturated heterocycles. The average molecular weight is 419 g/mol. The summed E-state index contributed by atoms with van der Waals surface area (Å²) in [4.78, 5) is 26.3. The molecule has 0 radical (unpaired) electrons. The van der Waals surface area contributed by atoms with Crippen molar-refractivity contribution >= 4 is 28.3 Å². The molecular formula is C20H26N4O4S. The van der Waals surface area contributed by atoms with E-state index in [0.717, 1.165) is 23.4 Å². The molecule has 0 saturated carbocycles. The normalized spacial score (nSPS) is 16.2. The monoisotopic (exact) mass is 418 g/mol. The number of likely N-dealkylation sites (tertiary alicyclic amines) is 1. The van der Waals surface area contributed by atoms with Crippen LogP contribution in [0, 0.1) is 5.92 Å². The van der Waals surface area contributed by atoms with Gasteiger partial charge in [-0.3, -0.25) is 9.59 Å². The summed E-state index contributed by atoms with van der Waals surface area (Å²) >= 11 is 1.33. The Kier molecular flexibility index (Phi) is 7.03. The van der Waals surface area contributed by atoms with Crippen LogP contribution in [0.3, 0.4) is 0 Å². The number of aromatic nitrogens is 2. The molecule has 1 aromatic carbocycles. The largest absolute Gasteiger partial charge is 0.493 e. The van der Waals surface area contributed by atoms with Crippen LogP contribution in [-0.4, -0.2) is 54.2 Å². The van der Waals surface area contributed by atoms with E-state index in [1.807, 2.05) is 18.2 Å². The minimum atomic E-state index is -0.336. The molecule has 2 aromatic rings. The molecule has 0 spiro atoms. The Morgan fingerprint density at radius 2 is 2.07 bits per heavy atom. The van der Waals surface area contributed by atoms with Gasteiger partial charge in [0, 0.05) is 25.9 Å². The number of carbonyl (C=O) groups is 2. The molecular weight excluding hydrogens is 392 g/mol. The maximum Gasteiger partial charge on any atom is 0.231 e. The van der Waals surface area contributed by atoms with E-state index in [9.17, 15) is 9.59 Å². The SMILES string of the molecule is CCCCN1C[C@H](C(=O)Nc2nnc(Cc3ccc(OC)c(OC)c3)s2)CC1=O.